The van der Waals surface area contributed by atoms with Gasteiger partial charge in [0.2, 0.25) is 11.9 Å². The Morgan fingerprint density at radius 1 is 1.38 bits per heavy atom. The largest absolute Gasteiger partial charge is 0.369 e. The van der Waals surface area contributed by atoms with Crippen LogP contribution in [0.25, 0.3) is 11.1 Å². The van der Waals surface area contributed by atoms with Crippen LogP contribution in [0.2, 0.25) is 0 Å². The third-order valence-corrected chi connectivity index (χ3v) is 4.02. The molecule has 1 saturated carbocycles. The lowest BCUT2D eigenvalue weighted by Crippen LogP contribution is -2.39. The van der Waals surface area contributed by atoms with Crippen LogP contribution in [-0.4, -0.2) is 28.8 Å². The van der Waals surface area contributed by atoms with Gasteiger partial charge in [-0.05, 0) is 42.2 Å². The van der Waals surface area contributed by atoms with Gasteiger partial charge in [-0.25, -0.2) is 9.98 Å². The predicted octanol–water partition coefficient (Wildman–Crippen LogP) is 2.57. The molecule has 1 aromatic carbocycles. The Labute approximate surface area is 140 Å². The molecule has 1 aromatic heterocycles. The second-order valence-electron chi connectivity index (χ2n) is 5.89. The van der Waals surface area contributed by atoms with Crippen molar-refractivity contribution in [1.29, 1.82) is 0 Å². The first-order valence-electron chi connectivity index (χ1n) is 7.83. The van der Waals surface area contributed by atoms with Gasteiger partial charge in [0.25, 0.3) is 0 Å². The standard InChI is InChI=1S/C18H19FN4O/c1-23(17(24)13-7-8-13)18(20)22-11-12-4-2-5-14(10-12)15-6-3-9-21-16(15)19/h2-6,9-10,13H,7-8,11H2,1H3,(H2,20,22). The van der Waals surface area contributed by atoms with E-state index in [9.17, 15) is 9.18 Å². The second-order valence-corrected chi connectivity index (χ2v) is 5.89. The highest BCUT2D eigenvalue weighted by atomic mass is 19.1. The Kier molecular flexibility index (Phi) is 4.55. The van der Waals surface area contributed by atoms with E-state index >= 15 is 0 Å². The molecule has 1 aliphatic rings. The molecule has 0 radical (unpaired) electrons. The number of aliphatic imine (C=N–C) groups is 1. The average molecular weight is 326 g/mol. The van der Waals surface area contributed by atoms with Crippen molar-refractivity contribution in [2.24, 2.45) is 16.6 Å². The highest BCUT2D eigenvalue weighted by Crippen LogP contribution is 2.30. The Balaban J connectivity index is 1.74. The lowest BCUT2D eigenvalue weighted by molar-refractivity contribution is -0.127. The number of pyridine rings is 1. The molecule has 0 aliphatic heterocycles. The molecular formula is C18H19FN4O. The Morgan fingerprint density at radius 2 is 2.17 bits per heavy atom. The van der Waals surface area contributed by atoms with Crippen LogP contribution < -0.4 is 5.73 Å². The molecule has 6 heteroatoms. The zero-order chi connectivity index (χ0) is 17.1. The molecule has 0 atom stereocenters. The summed E-state index contributed by atoms with van der Waals surface area (Å²) in [5.74, 6) is -0.194. The summed E-state index contributed by atoms with van der Waals surface area (Å²) in [7, 11) is 1.64. The minimum atomic E-state index is -0.507. The number of nitrogens with two attached hydrogens (primary N) is 1. The molecule has 5 nitrogen and oxygen atoms in total. The third-order valence-electron chi connectivity index (χ3n) is 4.02. The van der Waals surface area contributed by atoms with Crippen LogP contribution in [0.4, 0.5) is 4.39 Å². The van der Waals surface area contributed by atoms with Crippen molar-refractivity contribution < 1.29 is 9.18 Å². The molecule has 1 heterocycles. The monoisotopic (exact) mass is 326 g/mol. The van der Waals surface area contributed by atoms with E-state index in [1.54, 1.807) is 19.2 Å². The molecule has 0 bridgehead atoms. The van der Waals surface area contributed by atoms with E-state index in [2.05, 4.69) is 9.98 Å². The highest BCUT2D eigenvalue weighted by molar-refractivity contribution is 5.97. The van der Waals surface area contributed by atoms with Gasteiger partial charge in [0, 0.05) is 24.7 Å². The number of guanidine groups is 1. The van der Waals surface area contributed by atoms with E-state index in [0.717, 1.165) is 24.0 Å². The van der Waals surface area contributed by atoms with Crippen LogP contribution in [0.1, 0.15) is 18.4 Å². The lowest BCUT2D eigenvalue weighted by Gasteiger charge is -2.15. The Hall–Kier alpha value is -2.76. The van der Waals surface area contributed by atoms with Crippen molar-refractivity contribution in [3.8, 4) is 11.1 Å². The number of aromatic nitrogens is 1. The van der Waals surface area contributed by atoms with Crippen molar-refractivity contribution in [2.75, 3.05) is 7.05 Å². The fourth-order valence-corrected chi connectivity index (χ4v) is 2.43. The van der Waals surface area contributed by atoms with Gasteiger partial charge in [-0.15, -0.1) is 0 Å². The van der Waals surface area contributed by atoms with E-state index in [0.29, 0.717) is 12.1 Å². The van der Waals surface area contributed by atoms with Crippen molar-refractivity contribution in [3.05, 3.63) is 54.1 Å². The first-order chi connectivity index (χ1) is 11.6. The van der Waals surface area contributed by atoms with Crippen LogP contribution in [0.3, 0.4) is 0 Å². The molecule has 24 heavy (non-hydrogen) atoms. The summed E-state index contributed by atoms with van der Waals surface area (Å²) in [4.78, 5) is 21.3. The average Bonchev–Trinajstić information content (AvgIpc) is 3.44. The minimum absolute atomic E-state index is 0.0161. The Morgan fingerprint density at radius 3 is 2.88 bits per heavy atom. The molecule has 1 fully saturated rings. The van der Waals surface area contributed by atoms with Crippen LogP contribution in [-0.2, 0) is 11.3 Å². The smallest absolute Gasteiger partial charge is 0.232 e. The summed E-state index contributed by atoms with van der Waals surface area (Å²) >= 11 is 0. The zero-order valence-electron chi connectivity index (χ0n) is 13.4. The van der Waals surface area contributed by atoms with Crippen molar-refractivity contribution in [2.45, 2.75) is 19.4 Å². The number of benzene rings is 1. The number of nitrogens with zero attached hydrogens (tertiary/aromatic N) is 3. The van der Waals surface area contributed by atoms with Gasteiger partial charge >= 0.3 is 0 Å². The van der Waals surface area contributed by atoms with E-state index in [1.165, 1.54) is 11.1 Å². The maximum absolute atomic E-state index is 13.8. The van der Waals surface area contributed by atoms with Gasteiger partial charge in [-0.3, -0.25) is 9.69 Å². The topological polar surface area (TPSA) is 71.6 Å². The number of hydrogen-bond donors (Lipinski definition) is 1. The fourth-order valence-electron chi connectivity index (χ4n) is 2.43. The second kappa shape index (κ2) is 6.78. The normalized spacial score (nSPS) is 14.5. The van der Waals surface area contributed by atoms with Crippen LogP contribution in [0, 0.1) is 11.9 Å². The van der Waals surface area contributed by atoms with Crippen LogP contribution in [0.5, 0.6) is 0 Å². The maximum Gasteiger partial charge on any atom is 0.232 e. The maximum atomic E-state index is 13.8. The predicted molar refractivity (Wildman–Crippen MR) is 90.5 cm³/mol. The number of hydrogen-bond acceptors (Lipinski definition) is 3. The van der Waals surface area contributed by atoms with Gasteiger partial charge in [-0.1, -0.05) is 18.2 Å². The number of halogens is 1. The van der Waals surface area contributed by atoms with Gasteiger partial charge in [0.15, 0.2) is 5.96 Å². The summed E-state index contributed by atoms with van der Waals surface area (Å²) in [5, 5.41) is 0. The van der Waals surface area contributed by atoms with Gasteiger partial charge in [-0.2, -0.15) is 4.39 Å². The highest BCUT2D eigenvalue weighted by Gasteiger charge is 2.33. The molecule has 2 aromatic rings. The molecule has 1 aliphatic carbocycles. The third kappa shape index (κ3) is 3.59. The van der Waals surface area contributed by atoms with E-state index in [-0.39, 0.29) is 17.8 Å². The number of carbonyl (C=O) groups is 1. The van der Waals surface area contributed by atoms with Gasteiger partial charge in [0.05, 0.1) is 6.54 Å². The summed E-state index contributed by atoms with van der Waals surface area (Å²) in [6.45, 7) is 0.323. The van der Waals surface area contributed by atoms with Crippen molar-refractivity contribution >= 4 is 11.9 Å². The molecule has 0 saturated heterocycles. The number of rotatable bonds is 4. The van der Waals surface area contributed by atoms with E-state index in [4.69, 9.17) is 5.73 Å². The fraction of sp³-hybridized carbons (Fsp3) is 0.278. The summed E-state index contributed by atoms with van der Waals surface area (Å²) in [6.07, 6.45) is 3.27. The van der Waals surface area contributed by atoms with Crippen LogP contribution >= 0.6 is 0 Å². The van der Waals surface area contributed by atoms with Crippen LogP contribution in [0.15, 0.2) is 47.6 Å². The molecular weight excluding hydrogens is 307 g/mol. The summed E-state index contributed by atoms with van der Waals surface area (Å²) in [5.41, 5.74) is 7.94. The quantitative estimate of drug-likeness (QED) is 0.533. The molecule has 124 valence electrons. The van der Waals surface area contributed by atoms with E-state index < -0.39 is 5.95 Å². The zero-order valence-corrected chi connectivity index (χ0v) is 13.4. The first-order valence-corrected chi connectivity index (χ1v) is 7.83. The van der Waals surface area contributed by atoms with Crippen molar-refractivity contribution in [1.82, 2.24) is 9.88 Å². The molecule has 1 amide bonds. The lowest BCUT2D eigenvalue weighted by atomic mass is 10.0. The van der Waals surface area contributed by atoms with Gasteiger partial charge in [0.1, 0.15) is 0 Å². The van der Waals surface area contributed by atoms with E-state index in [1.807, 2.05) is 24.3 Å². The molecule has 3 rings (SSSR count). The number of carbonyl (C=O) groups excluding carboxylic acids is 1. The number of amides is 1. The van der Waals surface area contributed by atoms with Gasteiger partial charge < -0.3 is 5.73 Å². The molecule has 2 N–H and O–H groups in total. The minimum Gasteiger partial charge on any atom is -0.369 e. The molecule has 0 spiro atoms. The van der Waals surface area contributed by atoms with Crippen molar-refractivity contribution in [3.63, 3.8) is 0 Å². The summed E-state index contributed by atoms with van der Waals surface area (Å²) < 4.78 is 13.8. The Bertz CT molecular complexity index is 786. The molecule has 0 unspecified atom stereocenters. The first kappa shape index (κ1) is 16.1. The SMILES string of the molecule is CN(C(=O)C1CC1)C(N)=NCc1cccc(-c2cccnc2F)c1. The summed E-state index contributed by atoms with van der Waals surface area (Å²) in [6, 6.07) is 10.8.